The second kappa shape index (κ2) is 3.94. The smallest absolute Gasteiger partial charge is 0.0257 e. The highest BCUT2D eigenvalue weighted by Gasteiger charge is 2.18. The van der Waals surface area contributed by atoms with Gasteiger partial charge in [0.2, 0.25) is 0 Å². The number of hydrogen-bond donors (Lipinski definition) is 0. The van der Waals surface area contributed by atoms with Gasteiger partial charge in [-0.3, -0.25) is 0 Å². The highest BCUT2D eigenvalue weighted by molar-refractivity contribution is 6.17. The van der Waals surface area contributed by atoms with Gasteiger partial charge in [-0.2, -0.15) is 0 Å². The maximum Gasteiger partial charge on any atom is 0.0257 e. The maximum absolute atomic E-state index is 5.48. The number of alkyl halides is 1. The summed E-state index contributed by atoms with van der Waals surface area (Å²) in [6, 6.07) is 0. The van der Waals surface area contributed by atoms with E-state index in [2.05, 4.69) is 12.2 Å². The van der Waals surface area contributed by atoms with E-state index in [4.69, 9.17) is 11.6 Å². The zero-order valence-electron chi connectivity index (χ0n) is 5.65. The molecule has 0 N–H and O–H groups in total. The Kier molecular flexibility index (Phi) is 3.13. The Bertz CT molecular complexity index is 92.7. The Morgan fingerprint density at radius 1 is 1.33 bits per heavy atom. The SMILES string of the molecule is ClCCC=CCC1CC1. The summed E-state index contributed by atoms with van der Waals surface area (Å²) in [5, 5.41) is 0. The van der Waals surface area contributed by atoms with Crippen LogP contribution in [0.3, 0.4) is 0 Å². The van der Waals surface area contributed by atoms with Crippen LogP contribution in [0, 0.1) is 5.92 Å². The molecule has 1 saturated carbocycles. The lowest BCUT2D eigenvalue weighted by atomic mass is 10.2. The molecular formula is C8H13Cl. The first-order valence-electron chi connectivity index (χ1n) is 3.64. The lowest BCUT2D eigenvalue weighted by Crippen LogP contribution is -1.70. The zero-order valence-corrected chi connectivity index (χ0v) is 6.40. The standard InChI is InChI=1S/C8H13Cl/c9-7-3-1-2-4-8-5-6-8/h1-2,8H,3-7H2. The van der Waals surface area contributed by atoms with E-state index in [-0.39, 0.29) is 0 Å². The molecule has 0 bridgehead atoms. The van der Waals surface area contributed by atoms with Crippen LogP contribution in [-0.2, 0) is 0 Å². The molecule has 0 spiro atoms. The van der Waals surface area contributed by atoms with E-state index >= 15 is 0 Å². The highest BCUT2D eigenvalue weighted by Crippen LogP contribution is 2.32. The molecular weight excluding hydrogens is 132 g/mol. The molecule has 9 heavy (non-hydrogen) atoms. The predicted octanol–water partition coefficient (Wildman–Crippen LogP) is 2.97. The average molecular weight is 145 g/mol. The van der Waals surface area contributed by atoms with E-state index in [0.29, 0.717) is 0 Å². The first-order chi connectivity index (χ1) is 4.43. The third kappa shape index (κ3) is 3.58. The second-order valence-electron chi connectivity index (χ2n) is 2.63. The van der Waals surface area contributed by atoms with Gasteiger partial charge in [0, 0.05) is 5.88 Å². The fourth-order valence-electron chi connectivity index (χ4n) is 0.823. The van der Waals surface area contributed by atoms with Crippen molar-refractivity contribution in [3.63, 3.8) is 0 Å². The molecule has 0 heterocycles. The Morgan fingerprint density at radius 2 is 2.11 bits per heavy atom. The molecule has 52 valence electrons. The maximum atomic E-state index is 5.48. The molecule has 0 nitrogen and oxygen atoms in total. The molecule has 1 aliphatic rings. The summed E-state index contributed by atoms with van der Waals surface area (Å²) in [5.41, 5.74) is 0. The van der Waals surface area contributed by atoms with E-state index in [1.807, 2.05) is 0 Å². The van der Waals surface area contributed by atoms with Gasteiger partial charge in [-0.25, -0.2) is 0 Å². The van der Waals surface area contributed by atoms with Crippen LogP contribution in [0.4, 0.5) is 0 Å². The molecule has 0 unspecified atom stereocenters. The van der Waals surface area contributed by atoms with E-state index in [9.17, 15) is 0 Å². The number of halogens is 1. The van der Waals surface area contributed by atoms with Crippen molar-refractivity contribution in [1.82, 2.24) is 0 Å². The summed E-state index contributed by atoms with van der Waals surface area (Å²) in [5.74, 6) is 1.79. The highest BCUT2D eigenvalue weighted by atomic mass is 35.5. The van der Waals surface area contributed by atoms with Crippen molar-refractivity contribution >= 4 is 11.6 Å². The zero-order chi connectivity index (χ0) is 6.53. The predicted molar refractivity (Wildman–Crippen MR) is 41.8 cm³/mol. The largest absolute Gasteiger partial charge is 0.126 e. The molecule has 1 heteroatoms. The van der Waals surface area contributed by atoms with Gasteiger partial charge in [-0.15, -0.1) is 11.6 Å². The summed E-state index contributed by atoms with van der Waals surface area (Å²) in [7, 11) is 0. The van der Waals surface area contributed by atoms with Gasteiger partial charge in [-0.1, -0.05) is 12.2 Å². The molecule has 0 atom stereocenters. The van der Waals surface area contributed by atoms with Crippen molar-refractivity contribution in [2.75, 3.05) is 5.88 Å². The van der Waals surface area contributed by atoms with Crippen molar-refractivity contribution in [1.29, 1.82) is 0 Å². The summed E-state index contributed by atoms with van der Waals surface area (Å²) in [4.78, 5) is 0. The van der Waals surface area contributed by atoms with Gasteiger partial charge >= 0.3 is 0 Å². The Labute approximate surface area is 61.9 Å². The van der Waals surface area contributed by atoms with Gasteiger partial charge in [0.25, 0.3) is 0 Å². The molecule has 1 aliphatic carbocycles. The van der Waals surface area contributed by atoms with E-state index in [1.54, 1.807) is 0 Å². The van der Waals surface area contributed by atoms with Crippen LogP contribution in [0.15, 0.2) is 12.2 Å². The first-order valence-corrected chi connectivity index (χ1v) is 4.18. The van der Waals surface area contributed by atoms with Crippen molar-refractivity contribution in [2.45, 2.75) is 25.7 Å². The molecule has 0 aromatic heterocycles. The quantitative estimate of drug-likeness (QED) is 0.421. The van der Waals surface area contributed by atoms with Crippen molar-refractivity contribution in [2.24, 2.45) is 5.92 Å². The fraction of sp³-hybridized carbons (Fsp3) is 0.750. The molecule has 1 fully saturated rings. The summed E-state index contributed by atoms with van der Waals surface area (Å²) in [6.45, 7) is 0. The van der Waals surface area contributed by atoms with E-state index in [0.717, 1.165) is 18.2 Å². The summed E-state index contributed by atoms with van der Waals surface area (Å²) < 4.78 is 0. The summed E-state index contributed by atoms with van der Waals surface area (Å²) in [6.07, 6.45) is 9.67. The lowest BCUT2D eigenvalue weighted by molar-refractivity contribution is 0.859. The van der Waals surface area contributed by atoms with Gasteiger partial charge in [0.15, 0.2) is 0 Å². The van der Waals surface area contributed by atoms with Crippen LogP contribution < -0.4 is 0 Å². The third-order valence-corrected chi connectivity index (χ3v) is 1.83. The molecule has 0 amide bonds. The topological polar surface area (TPSA) is 0 Å². The van der Waals surface area contributed by atoms with Gasteiger partial charge < -0.3 is 0 Å². The monoisotopic (exact) mass is 144 g/mol. The lowest BCUT2D eigenvalue weighted by Gasteiger charge is -1.84. The fourth-order valence-corrected chi connectivity index (χ4v) is 0.949. The summed E-state index contributed by atoms with van der Waals surface area (Å²) >= 11 is 5.48. The van der Waals surface area contributed by atoms with E-state index < -0.39 is 0 Å². The second-order valence-corrected chi connectivity index (χ2v) is 3.01. The normalized spacial score (nSPS) is 19.2. The van der Waals surface area contributed by atoms with Crippen molar-refractivity contribution < 1.29 is 0 Å². The number of rotatable bonds is 4. The van der Waals surface area contributed by atoms with Gasteiger partial charge in [-0.05, 0) is 31.6 Å². The van der Waals surface area contributed by atoms with Crippen LogP contribution in [0.25, 0.3) is 0 Å². The molecule has 1 rings (SSSR count). The van der Waals surface area contributed by atoms with Crippen molar-refractivity contribution in [3.8, 4) is 0 Å². The minimum atomic E-state index is 0.765. The average Bonchev–Trinajstić information content (AvgIpc) is 2.63. The van der Waals surface area contributed by atoms with Gasteiger partial charge in [0.1, 0.15) is 0 Å². The van der Waals surface area contributed by atoms with Crippen LogP contribution in [0.1, 0.15) is 25.7 Å². The number of hydrogen-bond acceptors (Lipinski definition) is 0. The van der Waals surface area contributed by atoms with Crippen molar-refractivity contribution in [3.05, 3.63) is 12.2 Å². The van der Waals surface area contributed by atoms with Crippen LogP contribution in [0.2, 0.25) is 0 Å². The van der Waals surface area contributed by atoms with Crippen LogP contribution in [0.5, 0.6) is 0 Å². The molecule has 0 aromatic carbocycles. The molecule has 0 saturated heterocycles. The molecule has 0 aliphatic heterocycles. The Balaban J connectivity index is 1.88. The molecule has 0 radical (unpaired) electrons. The van der Waals surface area contributed by atoms with Gasteiger partial charge in [0.05, 0.1) is 0 Å². The molecule has 0 aromatic rings. The van der Waals surface area contributed by atoms with Crippen LogP contribution >= 0.6 is 11.6 Å². The Morgan fingerprint density at radius 3 is 2.67 bits per heavy atom. The third-order valence-electron chi connectivity index (χ3n) is 1.61. The minimum absolute atomic E-state index is 0.765. The van der Waals surface area contributed by atoms with E-state index in [1.165, 1.54) is 19.3 Å². The first kappa shape index (κ1) is 7.14. The Hall–Kier alpha value is 0.0300. The number of allylic oxidation sites excluding steroid dienone is 2. The minimum Gasteiger partial charge on any atom is -0.126 e. The van der Waals surface area contributed by atoms with Crippen LogP contribution in [-0.4, -0.2) is 5.88 Å².